The first-order valence-electron chi connectivity index (χ1n) is 7.43. The van der Waals surface area contributed by atoms with Gasteiger partial charge in [0.2, 0.25) is 0 Å². The molecule has 3 aromatic rings. The van der Waals surface area contributed by atoms with Gasteiger partial charge >= 0.3 is 5.76 Å². The number of hydrogen-bond acceptors (Lipinski definition) is 7. The van der Waals surface area contributed by atoms with Gasteiger partial charge in [-0.3, -0.25) is 4.98 Å². The lowest BCUT2D eigenvalue weighted by atomic mass is 10.2. The van der Waals surface area contributed by atoms with E-state index in [1.165, 1.54) is 38.6 Å². The molecule has 1 heterocycles. The second-order valence-corrected chi connectivity index (χ2v) is 7.33. The number of oxazole rings is 1. The van der Waals surface area contributed by atoms with Crippen molar-refractivity contribution in [2.75, 3.05) is 14.2 Å². The van der Waals surface area contributed by atoms with E-state index in [0.29, 0.717) is 22.6 Å². The molecular formula is C16H14ClN3O6S. The number of aromatic nitrogens is 1. The Morgan fingerprint density at radius 1 is 1.22 bits per heavy atom. The quantitative estimate of drug-likeness (QED) is 0.473. The smallest absolute Gasteiger partial charge is 0.417 e. The number of ether oxygens (including phenoxy) is 2. The van der Waals surface area contributed by atoms with Gasteiger partial charge in [0.05, 0.1) is 35.9 Å². The number of methoxy groups -OCH3 is 2. The van der Waals surface area contributed by atoms with Crippen LogP contribution in [0.4, 0.5) is 0 Å². The number of sulfonamides is 1. The Balaban J connectivity index is 1.83. The van der Waals surface area contributed by atoms with E-state index in [9.17, 15) is 13.2 Å². The minimum atomic E-state index is -3.96. The van der Waals surface area contributed by atoms with Crippen LogP contribution in [0.5, 0.6) is 11.5 Å². The summed E-state index contributed by atoms with van der Waals surface area (Å²) in [6, 6.07) is 7.09. The van der Waals surface area contributed by atoms with Crippen LogP contribution in [0, 0.1) is 0 Å². The molecule has 9 nitrogen and oxygen atoms in total. The Morgan fingerprint density at radius 2 is 2.00 bits per heavy atom. The lowest BCUT2D eigenvalue weighted by Gasteiger charge is -2.10. The molecule has 0 aliphatic heterocycles. The fraction of sp³-hybridized carbons (Fsp3) is 0.125. The van der Waals surface area contributed by atoms with Crippen LogP contribution >= 0.6 is 11.6 Å². The monoisotopic (exact) mass is 411 g/mol. The van der Waals surface area contributed by atoms with Crippen LogP contribution in [0.1, 0.15) is 5.56 Å². The van der Waals surface area contributed by atoms with Crippen molar-refractivity contribution in [1.82, 2.24) is 9.82 Å². The summed E-state index contributed by atoms with van der Waals surface area (Å²) in [7, 11) is -1.06. The minimum absolute atomic E-state index is 0.111. The third-order valence-electron chi connectivity index (χ3n) is 3.55. The number of H-pyrrole nitrogens is 1. The van der Waals surface area contributed by atoms with Crippen molar-refractivity contribution >= 4 is 38.9 Å². The van der Waals surface area contributed by atoms with Crippen molar-refractivity contribution < 1.29 is 22.3 Å². The van der Waals surface area contributed by atoms with Crippen molar-refractivity contribution in [2.45, 2.75) is 4.90 Å². The lowest BCUT2D eigenvalue weighted by Crippen LogP contribution is -2.18. The van der Waals surface area contributed by atoms with Gasteiger partial charge in [0.15, 0.2) is 17.1 Å². The molecule has 0 aliphatic rings. The number of benzene rings is 2. The minimum Gasteiger partial charge on any atom is -0.493 e. The SMILES string of the molecule is COc1cc(/C=N/NS(=O)(=O)c2ccc3[nH]c(=O)oc3c2)cc(Cl)c1OC. The fourth-order valence-corrected chi connectivity index (χ4v) is 3.43. The number of fused-ring (bicyclic) bond motifs is 1. The van der Waals surface area contributed by atoms with Gasteiger partial charge in [0.25, 0.3) is 10.0 Å². The highest BCUT2D eigenvalue weighted by molar-refractivity contribution is 7.89. The number of aromatic amines is 1. The summed E-state index contributed by atoms with van der Waals surface area (Å²) in [5, 5.41) is 4.02. The highest BCUT2D eigenvalue weighted by Gasteiger charge is 2.15. The summed E-state index contributed by atoms with van der Waals surface area (Å²) in [6.45, 7) is 0. The van der Waals surface area contributed by atoms with Gasteiger partial charge in [0.1, 0.15) is 0 Å². The first-order valence-corrected chi connectivity index (χ1v) is 9.29. The maximum absolute atomic E-state index is 12.3. The molecule has 0 bridgehead atoms. The number of rotatable bonds is 6. The predicted molar refractivity (Wildman–Crippen MR) is 99.3 cm³/mol. The predicted octanol–water partition coefficient (Wildman–Crippen LogP) is 2.10. The van der Waals surface area contributed by atoms with Crippen LogP contribution in [0.15, 0.2) is 49.5 Å². The molecule has 0 fully saturated rings. The average Bonchev–Trinajstić information content (AvgIpc) is 3.00. The Morgan fingerprint density at radius 3 is 2.70 bits per heavy atom. The molecule has 0 saturated heterocycles. The first kappa shape index (κ1) is 18.8. The fourth-order valence-electron chi connectivity index (χ4n) is 2.33. The molecule has 2 N–H and O–H groups in total. The number of hydrogen-bond donors (Lipinski definition) is 2. The number of halogens is 1. The van der Waals surface area contributed by atoms with Crippen molar-refractivity contribution in [3.63, 3.8) is 0 Å². The normalized spacial score (nSPS) is 11.8. The molecule has 142 valence electrons. The molecule has 0 unspecified atom stereocenters. The number of nitrogens with one attached hydrogen (secondary N) is 2. The standard InChI is InChI=1S/C16H14ClN3O6S/c1-24-14-6-9(5-11(17)15(14)25-2)8-18-20-27(22,23)10-3-4-12-13(7-10)26-16(21)19-12/h3-8,20H,1-2H3,(H,19,21)/b18-8+. The largest absolute Gasteiger partial charge is 0.493 e. The summed E-state index contributed by atoms with van der Waals surface area (Å²) in [5.74, 6) is 0.0660. The van der Waals surface area contributed by atoms with Gasteiger partial charge in [-0.2, -0.15) is 13.5 Å². The molecule has 3 rings (SSSR count). The summed E-state index contributed by atoms with van der Waals surface area (Å²) in [4.78, 5) is 15.6. The van der Waals surface area contributed by atoms with E-state index in [2.05, 4.69) is 14.9 Å². The second kappa shape index (κ2) is 7.33. The van der Waals surface area contributed by atoms with Crippen LogP contribution in [0.3, 0.4) is 0 Å². The molecule has 0 saturated carbocycles. The third kappa shape index (κ3) is 3.91. The zero-order valence-electron chi connectivity index (χ0n) is 14.1. The topological polar surface area (TPSA) is 123 Å². The van der Waals surface area contributed by atoms with Gasteiger partial charge in [-0.05, 0) is 29.8 Å². The Bertz CT molecular complexity index is 1180. The highest BCUT2D eigenvalue weighted by atomic mass is 35.5. The Hall–Kier alpha value is -2.98. The van der Waals surface area contributed by atoms with E-state index < -0.39 is 15.8 Å². The molecule has 0 aliphatic carbocycles. The van der Waals surface area contributed by atoms with Gasteiger partial charge in [-0.1, -0.05) is 11.6 Å². The van der Waals surface area contributed by atoms with Gasteiger partial charge < -0.3 is 13.9 Å². The van der Waals surface area contributed by atoms with Crippen LogP contribution in [-0.4, -0.2) is 33.8 Å². The molecule has 27 heavy (non-hydrogen) atoms. The highest BCUT2D eigenvalue weighted by Crippen LogP contribution is 2.35. The maximum atomic E-state index is 12.3. The van der Waals surface area contributed by atoms with Crippen molar-refractivity contribution in [2.24, 2.45) is 5.10 Å². The third-order valence-corrected chi connectivity index (χ3v) is 5.05. The molecule has 1 aromatic heterocycles. The van der Waals surface area contributed by atoms with E-state index in [0.717, 1.165) is 0 Å². The molecule has 2 aromatic carbocycles. The second-order valence-electron chi connectivity index (χ2n) is 5.26. The molecule has 0 amide bonds. The number of nitrogens with zero attached hydrogens (tertiary/aromatic N) is 1. The van der Waals surface area contributed by atoms with E-state index in [4.69, 9.17) is 25.5 Å². The Labute approximate surface area is 158 Å². The zero-order valence-corrected chi connectivity index (χ0v) is 15.7. The molecule has 0 atom stereocenters. The zero-order chi connectivity index (χ0) is 19.6. The van der Waals surface area contributed by atoms with Crippen molar-refractivity contribution in [3.8, 4) is 11.5 Å². The van der Waals surface area contributed by atoms with E-state index >= 15 is 0 Å². The van der Waals surface area contributed by atoms with Gasteiger partial charge in [-0.15, -0.1) is 0 Å². The average molecular weight is 412 g/mol. The van der Waals surface area contributed by atoms with Gasteiger partial charge in [0, 0.05) is 6.07 Å². The van der Waals surface area contributed by atoms with E-state index in [1.54, 1.807) is 12.1 Å². The van der Waals surface area contributed by atoms with Crippen LogP contribution in [-0.2, 0) is 10.0 Å². The van der Waals surface area contributed by atoms with E-state index in [1.807, 2.05) is 0 Å². The van der Waals surface area contributed by atoms with Crippen molar-refractivity contribution in [3.05, 3.63) is 51.5 Å². The molecule has 0 spiro atoms. The van der Waals surface area contributed by atoms with Crippen LogP contribution in [0.25, 0.3) is 11.1 Å². The first-order chi connectivity index (χ1) is 12.8. The van der Waals surface area contributed by atoms with Crippen LogP contribution in [0.2, 0.25) is 5.02 Å². The van der Waals surface area contributed by atoms with Crippen LogP contribution < -0.4 is 20.1 Å². The summed E-state index contributed by atoms with van der Waals surface area (Å²) in [5.41, 5.74) is 1.01. The van der Waals surface area contributed by atoms with Crippen molar-refractivity contribution in [1.29, 1.82) is 0 Å². The molecular weight excluding hydrogens is 398 g/mol. The summed E-state index contributed by atoms with van der Waals surface area (Å²) >= 11 is 6.09. The van der Waals surface area contributed by atoms with E-state index in [-0.39, 0.29) is 15.5 Å². The maximum Gasteiger partial charge on any atom is 0.417 e. The number of hydrazone groups is 1. The molecule has 0 radical (unpaired) electrons. The summed E-state index contributed by atoms with van der Waals surface area (Å²) in [6.07, 6.45) is 1.26. The Kier molecular flexibility index (Phi) is 5.10. The molecule has 11 heteroatoms. The lowest BCUT2D eigenvalue weighted by molar-refractivity contribution is 0.355. The summed E-state index contributed by atoms with van der Waals surface area (Å²) < 4.78 is 39.8. The van der Waals surface area contributed by atoms with Gasteiger partial charge in [-0.25, -0.2) is 9.63 Å².